The Kier molecular flexibility index (Phi) is 6.67. The number of esters is 1. The molecule has 3 atom stereocenters. The van der Waals surface area contributed by atoms with Crippen LogP contribution in [0.4, 0.5) is 15.3 Å². The minimum absolute atomic E-state index is 0.0808. The van der Waals surface area contributed by atoms with Gasteiger partial charge in [-0.05, 0) is 53.7 Å². The number of nitrogens with zero attached hydrogens (tertiary/aromatic N) is 2. The van der Waals surface area contributed by atoms with Crippen molar-refractivity contribution in [3.63, 3.8) is 0 Å². The molecule has 0 spiro atoms. The molecule has 1 saturated heterocycles. The molecule has 10 heteroatoms. The van der Waals surface area contributed by atoms with Crippen LogP contribution in [0.2, 0.25) is 5.02 Å². The minimum Gasteiger partial charge on any atom is -0.460 e. The third kappa shape index (κ3) is 4.86. The standard InChI is InChI=1S/C24H31ClN2O7/c1-8-11-32-18(28)17-13-24(31)15-10-9-14(25)12-16(15)26(20(29)33-22(2,3)4)19(24)27(17)21(30)34-23(5,6)7/h8-10,12,17,19,31H,1,11,13H2,2-7H3/t17-,19-,24+/m0/s1. The van der Waals surface area contributed by atoms with Crippen LogP contribution < -0.4 is 4.90 Å². The molecule has 0 bridgehead atoms. The molecule has 2 amide bonds. The van der Waals surface area contributed by atoms with E-state index in [1.807, 2.05) is 0 Å². The van der Waals surface area contributed by atoms with Gasteiger partial charge in [0, 0.05) is 17.0 Å². The molecule has 0 unspecified atom stereocenters. The molecule has 2 aliphatic rings. The van der Waals surface area contributed by atoms with E-state index in [9.17, 15) is 19.5 Å². The second-order valence-corrected chi connectivity index (χ2v) is 10.8. The fourth-order valence-electron chi connectivity index (χ4n) is 4.17. The fourth-order valence-corrected chi connectivity index (χ4v) is 4.34. The highest BCUT2D eigenvalue weighted by atomic mass is 35.5. The van der Waals surface area contributed by atoms with E-state index in [1.165, 1.54) is 12.1 Å². The first-order valence-corrected chi connectivity index (χ1v) is 11.3. The number of rotatable bonds is 3. The number of ether oxygens (including phenoxy) is 3. The molecule has 1 fully saturated rings. The Morgan fingerprint density at radius 2 is 1.74 bits per heavy atom. The highest BCUT2D eigenvalue weighted by Crippen LogP contribution is 2.54. The number of hydrogen-bond donors (Lipinski definition) is 1. The van der Waals surface area contributed by atoms with E-state index in [-0.39, 0.29) is 18.7 Å². The van der Waals surface area contributed by atoms with Gasteiger partial charge in [0.25, 0.3) is 0 Å². The Morgan fingerprint density at radius 1 is 1.15 bits per heavy atom. The largest absolute Gasteiger partial charge is 0.460 e. The third-order valence-corrected chi connectivity index (χ3v) is 5.51. The summed E-state index contributed by atoms with van der Waals surface area (Å²) < 4.78 is 16.3. The predicted molar refractivity (Wildman–Crippen MR) is 125 cm³/mol. The first-order valence-electron chi connectivity index (χ1n) is 10.9. The molecular weight excluding hydrogens is 464 g/mol. The number of anilines is 1. The Morgan fingerprint density at radius 3 is 2.29 bits per heavy atom. The molecule has 0 aliphatic carbocycles. The topological polar surface area (TPSA) is 106 Å². The lowest BCUT2D eigenvalue weighted by molar-refractivity contribution is -0.148. The van der Waals surface area contributed by atoms with E-state index in [4.69, 9.17) is 25.8 Å². The lowest BCUT2D eigenvalue weighted by Crippen LogP contribution is -2.57. The van der Waals surface area contributed by atoms with Crippen LogP contribution in [0.5, 0.6) is 0 Å². The average molecular weight is 495 g/mol. The second kappa shape index (κ2) is 8.78. The van der Waals surface area contributed by atoms with E-state index in [0.717, 1.165) is 9.80 Å². The number of halogens is 1. The quantitative estimate of drug-likeness (QED) is 0.378. The van der Waals surface area contributed by atoms with Crippen molar-refractivity contribution in [2.75, 3.05) is 11.5 Å². The molecule has 2 heterocycles. The first kappa shape index (κ1) is 25.8. The van der Waals surface area contributed by atoms with Crippen LogP contribution in [0, 0.1) is 0 Å². The van der Waals surface area contributed by atoms with Crippen molar-refractivity contribution in [2.24, 2.45) is 0 Å². The Hall–Kier alpha value is -2.78. The van der Waals surface area contributed by atoms with Crippen LogP contribution in [0.3, 0.4) is 0 Å². The summed E-state index contributed by atoms with van der Waals surface area (Å²) in [6.45, 7) is 13.6. The van der Waals surface area contributed by atoms with Gasteiger partial charge in [0.2, 0.25) is 0 Å². The SMILES string of the molecule is C=CCOC(=O)[C@@H]1C[C@@]2(O)c3ccc(Cl)cc3N(C(=O)OC(C)(C)C)[C@H]2N1C(=O)OC(C)(C)C. The number of carbonyl (C=O) groups is 3. The van der Waals surface area contributed by atoms with Crippen molar-refractivity contribution < 1.29 is 33.7 Å². The van der Waals surface area contributed by atoms with Crippen LogP contribution in [-0.4, -0.2) is 58.2 Å². The van der Waals surface area contributed by atoms with Crippen molar-refractivity contribution in [1.29, 1.82) is 0 Å². The predicted octanol–water partition coefficient (Wildman–Crippen LogP) is 4.35. The van der Waals surface area contributed by atoms with Gasteiger partial charge in [0.05, 0.1) is 5.69 Å². The summed E-state index contributed by atoms with van der Waals surface area (Å²) in [5.41, 5.74) is -2.96. The number of amides is 2. The fraction of sp³-hybridized carbons (Fsp3) is 0.542. The zero-order chi connectivity index (χ0) is 25.6. The van der Waals surface area contributed by atoms with Crippen molar-refractivity contribution in [3.05, 3.63) is 41.4 Å². The Bertz CT molecular complexity index is 1010. The van der Waals surface area contributed by atoms with Crippen LogP contribution in [0.25, 0.3) is 0 Å². The summed E-state index contributed by atoms with van der Waals surface area (Å²) in [4.78, 5) is 41.9. The summed E-state index contributed by atoms with van der Waals surface area (Å²) in [6.07, 6.45) is -1.86. The summed E-state index contributed by atoms with van der Waals surface area (Å²) in [5, 5.41) is 12.2. The van der Waals surface area contributed by atoms with Gasteiger partial charge < -0.3 is 19.3 Å². The zero-order valence-electron chi connectivity index (χ0n) is 20.3. The van der Waals surface area contributed by atoms with E-state index in [1.54, 1.807) is 53.7 Å². The normalized spacial score (nSPS) is 23.8. The van der Waals surface area contributed by atoms with Gasteiger partial charge >= 0.3 is 18.2 Å². The molecule has 3 rings (SSSR count). The van der Waals surface area contributed by atoms with Gasteiger partial charge in [-0.1, -0.05) is 30.3 Å². The van der Waals surface area contributed by atoms with Gasteiger partial charge in [0.15, 0.2) is 6.17 Å². The first-order chi connectivity index (χ1) is 15.6. The van der Waals surface area contributed by atoms with Gasteiger partial charge in [-0.25, -0.2) is 14.4 Å². The van der Waals surface area contributed by atoms with Crippen molar-refractivity contribution in [1.82, 2.24) is 4.90 Å². The number of carbonyl (C=O) groups excluding carboxylic acids is 3. The van der Waals surface area contributed by atoms with Crippen LogP contribution in [0.1, 0.15) is 53.5 Å². The van der Waals surface area contributed by atoms with Crippen molar-refractivity contribution >= 4 is 35.4 Å². The second-order valence-electron chi connectivity index (χ2n) is 10.3. The maximum Gasteiger partial charge on any atom is 0.416 e. The molecule has 1 aromatic rings. The van der Waals surface area contributed by atoms with E-state index in [2.05, 4.69) is 6.58 Å². The summed E-state index contributed by atoms with van der Waals surface area (Å²) in [6, 6.07) is 3.42. The van der Waals surface area contributed by atoms with Crippen LogP contribution in [0.15, 0.2) is 30.9 Å². The molecule has 0 aromatic heterocycles. The van der Waals surface area contributed by atoms with Gasteiger partial charge in [0.1, 0.15) is 29.5 Å². The number of hydrogen-bond acceptors (Lipinski definition) is 7. The average Bonchev–Trinajstić information content (AvgIpc) is 3.10. The van der Waals surface area contributed by atoms with Crippen molar-refractivity contribution in [2.45, 2.75) is 77.0 Å². The van der Waals surface area contributed by atoms with E-state index < -0.39 is 47.2 Å². The summed E-state index contributed by atoms with van der Waals surface area (Å²) in [7, 11) is 0. The summed E-state index contributed by atoms with van der Waals surface area (Å²) in [5.74, 6) is -0.756. The van der Waals surface area contributed by atoms with Crippen molar-refractivity contribution in [3.8, 4) is 0 Å². The Balaban J connectivity index is 2.17. The number of benzene rings is 1. The molecule has 186 valence electrons. The zero-order valence-corrected chi connectivity index (χ0v) is 21.0. The number of fused-ring (bicyclic) bond motifs is 3. The summed E-state index contributed by atoms with van der Waals surface area (Å²) >= 11 is 6.20. The van der Waals surface area contributed by atoms with Crippen LogP contribution >= 0.6 is 11.6 Å². The molecule has 9 nitrogen and oxygen atoms in total. The molecule has 1 aromatic carbocycles. The number of likely N-dealkylation sites (tertiary alicyclic amines) is 1. The minimum atomic E-state index is -1.80. The van der Waals surface area contributed by atoms with E-state index >= 15 is 0 Å². The molecule has 0 saturated carbocycles. The van der Waals surface area contributed by atoms with Gasteiger partial charge in [-0.3, -0.25) is 9.80 Å². The highest BCUT2D eigenvalue weighted by molar-refractivity contribution is 6.31. The van der Waals surface area contributed by atoms with Crippen LogP contribution in [-0.2, 0) is 24.6 Å². The molecule has 1 N–H and O–H groups in total. The van der Waals surface area contributed by atoms with Gasteiger partial charge in [-0.15, -0.1) is 0 Å². The lowest BCUT2D eigenvalue weighted by atomic mass is 9.91. The lowest BCUT2D eigenvalue weighted by Gasteiger charge is -2.37. The monoisotopic (exact) mass is 494 g/mol. The Labute approximate surface area is 204 Å². The molecule has 2 aliphatic heterocycles. The number of aliphatic hydroxyl groups is 1. The van der Waals surface area contributed by atoms with E-state index in [0.29, 0.717) is 10.6 Å². The smallest absolute Gasteiger partial charge is 0.416 e. The molecule has 34 heavy (non-hydrogen) atoms. The highest BCUT2D eigenvalue weighted by Gasteiger charge is 2.66. The molecular formula is C24H31ClN2O7. The third-order valence-electron chi connectivity index (χ3n) is 5.27. The maximum atomic E-state index is 13.4. The maximum absolute atomic E-state index is 13.4. The molecule has 0 radical (unpaired) electrons. The van der Waals surface area contributed by atoms with Gasteiger partial charge in [-0.2, -0.15) is 0 Å².